The summed E-state index contributed by atoms with van der Waals surface area (Å²) in [7, 11) is 0. The van der Waals surface area contributed by atoms with Crippen molar-refractivity contribution in [1.29, 1.82) is 0 Å². The second-order valence-corrected chi connectivity index (χ2v) is 5.39. The van der Waals surface area contributed by atoms with E-state index in [4.69, 9.17) is 5.84 Å². The number of aromatic nitrogens is 2. The Hall–Kier alpha value is -1.40. The fourth-order valence-corrected chi connectivity index (χ4v) is 3.13. The summed E-state index contributed by atoms with van der Waals surface area (Å²) < 4.78 is 0. The summed E-state index contributed by atoms with van der Waals surface area (Å²) in [4.78, 5) is 13.4. The van der Waals surface area contributed by atoms with E-state index in [1.54, 1.807) is 6.33 Å². The second-order valence-electron chi connectivity index (χ2n) is 5.39. The first-order valence-corrected chi connectivity index (χ1v) is 7.14. The Kier molecular flexibility index (Phi) is 3.79. The molecule has 0 amide bonds. The normalized spacial score (nSPS) is 24.7. The van der Waals surface area contributed by atoms with Crippen LogP contribution in [0.5, 0.6) is 0 Å². The van der Waals surface area contributed by atoms with E-state index in [0.29, 0.717) is 11.9 Å². The van der Waals surface area contributed by atoms with Crippen LogP contribution in [-0.2, 0) is 0 Å². The molecule has 1 atom stereocenters. The van der Waals surface area contributed by atoms with E-state index in [1.165, 1.54) is 38.8 Å². The lowest BCUT2D eigenvalue weighted by molar-refractivity contribution is 0.175. The minimum absolute atomic E-state index is 0.673. The Morgan fingerprint density at radius 2 is 2.00 bits per heavy atom. The lowest BCUT2D eigenvalue weighted by Crippen LogP contribution is -2.41. The average molecular weight is 262 g/mol. The molecule has 3 heterocycles. The Labute approximate surface area is 114 Å². The quantitative estimate of drug-likeness (QED) is 0.621. The van der Waals surface area contributed by atoms with Gasteiger partial charge in [0, 0.05) is 25.2 Å². The van der Waals surface area contributed by atoms with Gasteiger partial charge in [0.1, 0.15) is 18.0 Å². The van der Waals surface area contributed by atoms with Crippen molar-refractivity contribution in [1.82, 2.24) is 14.9 Å². The summed E-state index contributed by atoms with van der Waals surface area (Å²) in [5.74, 6) is 7.04. The number of rotatable bonds is 3. The van der Waals surface area contributed by atoms with E-state index >= 15 is 0 Å². The van der Waals surface area contributed by atoms with Crippen molar-refractivity contribution in [2.24, 2.45) is 5.84 Å². The number of hydrogen-bond donors (Lipinski definition) is 2. The van der Waals surface area contributed by atoms with E-state index in [-0.39, 0.29) is 0 Å². The summed E-state index contributed by atoms with van der Waals surface area (Å²) in [6.45, 7) is 4.67. The molecular weight excluding hydrogens is 240 g/mol. The van der Waals surface area contributed by atoms with Gasteiger partial charge in [-0.1, -0.05) is 6.42 Å². The first-order valence-electron chi connectivity index (χ1n) is 7.14. The molecule has 3 N–H and O–H groups in total. The van der Waals surface area contributed by atoms with Gasteiger partial charge >= 0.3 is 0 Å². The third-order valence-corrected chi connectivity index (χ3v) is 4.19. The van der Waals surface area contributed by atoms with Gasteiger partial charge in [-0.25, -0.2) is 15.8 Å². The molecule has 0 aromatic carbocycles. The summed E-state index contributed by atoms with van der Waals surface area (Å²) in [5.41, 5.74) is 2.58. The highest BCUT2D eigenvalue weighted by molar-refractivity contribution is 5.48. The number of hydrogen-bond acceptors (Lipinski definition) is 6. The number of likely N-dealkylation sites (tertiary alicyclic amines) is 1. The molecule has 0 spiro atoms. The van der Waals surface area contributed by atoms with Crippen molar-refractivity contribution >= 4 is 11.6 Å². The van der Waals surface area contributed by atoms with Gasteiger partial charge in [-0.15, -0.1) is 0 Å². The largest absolute Gasteiger partial charge is 0.355 e. The molecule has 1 aromatic rings. The van der Waals surface area contributed by atoms with Crippen molar-refractivity contribution in [3.63, 3.8) is 0 Å². The van der Waals surface area contributed by atoms with Gasteiger partial charge < -0.3 is 10.3 Å². The molecule has 0 aliphatic carbocycles. The van der Waals surface area contributed by atoms with Crippen LogP contribution in [0, 0.1) is 0 Å². The zero-order valence-electron chi connectivity index (χ0n) is 11.3. The van der Waals surface area contributed by atoms with Gasteiger partial charge in [0.05, 0.1) is 0 Å². The van der Waals surface area contributed by atoms with E-state index in [2.05, 4.69) is 25.2 Å². The third-order valence-electron chi connectivity index (χ3n) is 4.19. The number of nitrogens with two attached hydrogens (primary N) is 1. The Bertz CT molecular complexity index is 417. The third kappa shape index (κ3) is 2.79. The standard InChI is InChI=1S/C13H22N6/c14-17-12-8-13(16-10-15-12)19-7-4-11(9-19)18-5-2-1-3-6-18/h8,10-11H,1-7,9,14H2,(H,15,16,17). The van der Waals surface area contributed by atoms with E-state index < -0.39 is 0 Å². The van der Waals surface area contributed by atoms with Crippen LogP contribution in [0.15, 0.2) is 12.4 Å². The molecule has 6 nitrogen and oxygen atoms in total. The maximum atomic E-state index is 5.39. The molecule has 6 heteroatoms. The lowest BCUT2D eigenvalue weighted by Gasteiger charge is -2.32. The monoisotopic (exact) mass is 262 g/mol. The van der Waals surface area contributed by atoms with Crippen LogP contribution >= 0.6 is 0 Å². The Morgan fingerprint density at radius 1 is 1.16 bits per heavy atom. The molecule has 2 saturated heterocycles. The predicted octanol–water partition coefficient (Wildman–Crippen LogP) is 0.827. The summed E-state index contributed by atoms with van der Waals surface area (Å²) in [6.07, 6.45) is 6.90. The highest BCUT2D eigenvalue weighted by atomic mass is 15.3. The summed E-state index contributed by atoms with van der Waals surface area (Å²) in [5, 5.41) is 0. The molecule has 1 unspecified atom stereocenters. The zero-order valence-corrected chi connectivity index (χ0v) is 11.3. The van der Waals surface area contributed by atoms with Gasteiger partial charge in [0.2, 0.25) is 0 Å². The van der Waals surface area contributed by atoms with Crippen molar-refractivity contribution in [2.75, 3.05) is 36.5 Å². The molecule has 1 aromatic heterocycles. The van der Waals surface area contributed by atoms with Gasteiger partial charge in [-0.05, 0) is 32.4 Å². The van der Waals surface area contributed by atoms with Crippen LogP contribution in [0.1, 0.15) is 25.7 Å². The molecule has 0 bridgehead atoms. The van der Waals surface area contributed by atoms with Crippen LogP contribution in [0.3, 0.4) is 0 Å². The lowest BCUT2D eigenvalue weighted by atomic mass is 10.1. The van der Waals surface area contributed by atoms with Crippen LogP contribution < -0.4 is 16.2 Å². The van der Waals surface area contributed by atoms with Gasteiger partial charge in [0.25, 0.3) is 0 Å². The number of hydrazine groups is 1. The topological polar surface area (TPSA) is 70.3 Å². The minimum atomic E-state index is 0.673. The van der Waals surface area contributed by atoms with Gasteiger partial charge in [-0.2, -0.15) is 0 Å². The van der Waals surface area contributed by atoms with Crippen LogP contribution in [-0.4, -0.2) is 47.1 Å². The first-order chi connectivity index (χ1) is 9.36. The Balaban J connectivity index is 1.64. The van der Waals surface area contributed by atoms with Crippen molar-refractivity contribution in [3.05, 3.63) is 12.4 Å². The van der Waals surface area contributed by atoms with Crippen molar-refractivity contribution in [2.45, 2.75) is 31.7 Å². The van der Waals surface area contributed by atoms with Crippen molar-refractivity contribution in [3.8, 4) is 0 Å². The van der Waals surface area contributed by atoms with Crippen LogP contribution in [0.25, 0.3) is 0 Å². The number of piperidine rings is 1. The second kappa shape index (κ2) is 5.71. The van der Waals surface area contributed by atoms with Crippen LogP contribution in [0.2, 0.25) is 0 Å². The van der Waals surface area contributed by atoms with Gasteiger partial charge in [-0.3, -0.25) is 4.90 Å². The number of anilines is 2. The Morgan fingerprint density at radius 3 is 2.79 bits per heavy atom. The van der Waals surface area contributed by atoms with E-state index in [0.717, 1.165) is 18.9 Å². The molecule has 3 rings (SSSR count). The highest BCUT2D eigenvalue weighted by Gasteiger charge is 2.29. The maximum Gasteiger partial charge on any atom is 0.145 e. The number of nitrogens with one attached hydrogen (secondary N) is 1. The summed E-state index contributed by atoms with van der Waals surface area (Å²) >= 11 is 0. The average Bonchev–Trinajstić information content (AvgIpc) is 2.98. The molecule has 104 valence electrons. The SMILES string of the molecule is NNc1cc(N2CCC(N3CCCCC3)C2)ncn1. The van der Waals surface area contributed by atoms with E-state index in [1.807, 2.05) is 6.07 Å². The molecule has 19 heavy (non-hydrogen) atoms. The zero-order chi connectivity index (χ0) is 13.1. The molecule has 2 aliphatic rings. The molecule has 2 fully saturated rings. The van der Waals surface area contributed by atoms with Crippen molar-refractivity contribution < 1.29 is 0 Å². The summed E-state index contributed by atoms with van der Waals surface area (Å²) in [6, 6.07) is 2.60. The fraction of sp³-hybridized carbons (Fsp3) is 0.692. The molecular formula is C13H22N6. The fourth-order valence-electron chi connectivity index (χ4n) is 3.13. The van der Waals surface area contributed by atoms with Crippen LogP contribution in [0.4, 0.5) is 11.6 Å². The predicted molar refractivity (Wildman–Crippen MR) is 75.9 cm³/mol. The van der Waals surface area contributed by atoms with Gasteiger partial charge in [0.15, 0.2) is 0 Å². The number of nitrogens with zero attached hydrogens (tertiary/aromatic N) is 4. The maximum absolute atomic E-state index is 5.39. The molecule has 0 saturated carbocycles. The first kappa shape index (κ1) is 12.6. The molecule has 2 aliphatic heterocycles. The number of nitrogen functional groups attached to an aromatic ring is 1. The highest BCUT2D eigenvalue weighted by Crippen LogP contribution is 2.24. The minimum Gasteiger partial charge on any atom is -0.355 e. The van der Waals surface area contributed by atoms with E-state index in [9.17, 15) is 0 Å². The smallest absolute Gasteiger partial charge is 0.145 e. The molecule has 0 radical (unpaired) electrons.